The summed E-state index contributed by atoms with van der Waals surface area (Å²) < 4.78 is 0. The highest BCUT2D eigenvalue weighted by molar-refractivity contribution is 7.09. The summed E-state index contributed by atoms with van der Waals surface area (Å²) >= 11 is 1.62. The molecule has 1 aromatic rings. The lowest BCUT2D eigenvalue weighted by Gasteiger charge is -2.30. The molecule has 1 aliphatic rings. The van der Waals surface area contributed by atoms with Gasteiger partial charge in [-0.05, 0) is 32.9 Å². The Morgan fingerprint density at radius 3 is 2.70 bits per heavy atom. The summed E-state index contributed by atoms with van der Waals surface area (Å²) in [6.07, 6.45) is 7.10. The number of carbonyl (C=O) groups excluding carboxylic acids is 1. The fourth-order valence-corrected chi connectivity index (χ4v) is 3.76. The first-order valence-corrected chi connectivity index (χ1v) is 9.11. The largest absolute Gasteiger partial charge is 0.347 e. The summed E-state index contributed by atoms with van der Waals surface area (Å²) in [5, 5.41) is 6.20. The third kappa shape index (κ3) is 4.79. The number of nitrogens with zero attached hydrogens (tertiary/aromatic N) is 2. The molecule has 23 heavy (non-hydrogen) atoms. The topological polar surface area (TPSA) is 45.2 Å². The van der Waals surface area contributed by atoms with Crippen LogP contribution in [0.2, 0.25) is 0 Å². The second-order valence-corrected chi connectivity index (χ2v) is 8.20. The SMILES string of the molecule is C#CCN1CCC(C(=O)N[C@H](C)c2nc(C(C)(C)C)cs2)CC1. The van der Waals surface area contributed by atoms with Crippen LogP contribution in [0.25, 0.3) is 0 Å². The highest BCUT2D eigenvalue weighted by Gasteiger charge is 2.26. The first-order chi connectivity index (χ1) is 10.8. The molecule has 0 radical (unpaired) electrons. The van der Waals surface area contributed by atoms with Crippen molar-refractivity contribution in [1.29, 1.82) is 0 Å². The molecule has 2 rings (SSSR count). The Hall–Kier alpha value is -1.38. The Morgan fingerprint density at radius 1 is 1.52 bits per heavy atom. The lowest BCUT2D eigenvalue weighted by molar-refractivity contribution is -0.127. The van der Waals surface area contributed by atoms with Crippen LogP contribution >= 0.6 is 11.3 Å². The summed E-state index contributed by atoms with van der Waals surface area (Å²) in [4.78, 5) is 19.4. The van der Waals surface area contributed by atoms with Crippen LogP contribution in [-0.2, 0) is 10.2 Å². The first kappa shape index (κ1) is 18.0. The summed E-state index contributed by atoms with van der Waals surface area (Å²) in [7, 11) is 0. The highest BCUT2D eigenvalue weighted by atomic mass is 32.1. The molecule has 0 bridgehead atoms. The van der Waals surface area contributed by atoms with Crippen LogP contribution in [0, 0.1) is 18.3 Å². The van der Waals surface area contributed by atoms with E-state index >= 15 is 0 Å². The van der Waals surface area contributed by atoms with Crippen LogP contribution in [0.4, 0.5) is 0 Å². The molecule has 1 fully saturated rings. The molecule has 1 N–H and O–H groups in total. The Morgan fingerprint density at radius 2 is 2.17 bits per heavy atom. The van der Waals surface area contributed by atoms with Gasteiger partial charge in [-0.1, -0.05) is 26.7 Å². The second-order valence-electron chi connectivity index (χ2n) is 7.31. The van der Waals surface area contributed by atoms with Gasteiger partial charge in [-0.2, -0.15) is 0 Å². The van der Waals surface area contributed by atoms with E-state index in [-0.39, 0.29) is 23.3 Å². The summed E-state index contributed by atoms with van der Waals surface area (Å²) in [5.74, 6) is 2.90. The molecular weight excluding hydrogens is 306 g/mol. The third-order valence-electron chi connectivity index (χ3n) is 4.29. The molecule has 0 saturated carbocycles. The molecule has 2 heterocycles. The van der Waals surface area contributed by atoms with E-state index in [1.54, 1.807) is 11.3 Å². The molecule has 1 amide bonds. The van der Waals surface area contributed by atoms with E-state index in [0.29, 0.717) is 6.54 Å². The minimum Gasteiger partial charge on any atom is -0.347 e. The number of piperidine rings is 1. The van der Waals surface area contributed by atoms with Gasteiger partial charge in [0.25, 0.3) is 0 Å². The number of rotatable bonds is 4. The molecule has 5 heteroatoms. The van der Waals surface area contributed by atoms with Gasteiger partial charge in [0.15, 0.2) is 0 Å². The van der Waals surface area contributed by atoms with Gasteiger partial charge in [0.2, 0.25) is 5.91 Å². The van der Waals surface area contributed by atoms with Gasteiger partial charge in [-0.15, -0.1) is 17.8 Å². The zero-order chi connectivity index (χ0) is 17.0. The number of amides is 1. The zero-order valence-electron chi connectivity index (χ0n) is 14.6. The molecule has 126 valence electrons. The van der Waals surface area contributed by atoms with Crippen molar-refractivity contribution in [2.75, 3.05) is 19.6 Å². The van der Waals surface area contributed by atoms with Crippen LogP contribution in [0.5, 0.6) is 0 Å². The van der Waals surface area contributed by atoms with E-state index < -0.39 is 0 Å². The summed E-state index contributed by atoms with van der Waals surface area (Å²) in [5.41, 5.74) is 1.13. The van der Waals surface area contributed by atoms with Gasteiger partial charge in [-0.25, -0.2) is 4.98 Å². The lowest BCUT2D eigenvalue weighted by atomic mass is 9.93. The quantitative estimate of drug-likeness (QED) is 0.862. The van der Waals surface area contributed by atoms with Crippen LogP contribution in [0.1, 0.15) is 57.3 Å². The number of hydrogen-bond acceptors (Lipinski definition) is 4. The van der Waals surface area contributed by atoms with Crippen molar-refractivity contribution >= 4 is 17.2 Å². The van der Waals surface area contributed by atoms with E-state index in [9.17, 15) is 4.79 Å². The Balaban J connectivity index is 1.88. The Labute approximate surface area is 143 Å². The van der Waals surface area contributed by atoms with Gasteiger partial charge >= 0.3 is 0 Å². The van der Waals surface area contributed by atoms with Crippen LogP contribution in [-0.4, -0.2) is 35.4 Å². The van der Waals surface area contributed by atoms with Gasteiger partial charge in [0.05, 0.1) is 18.3 Å². The van der Waals surface area contributed by atoms with E-state index in [0.717, 1.165) is 36.6 Å². The summed E-state index contributed by atoms with van der Waals surface area (Å²) in [6, 6.07) is -0.0349. The average molecular weight is 334 g/mol. The standard InChI is InChI=1S/C18H27N3OS/c1-6-9-21-10-7-14(8-11-21)16(22)19-13(2)17-20-15(12-23-17)18(3,4)5/h1,12-14H,7-11H2,2-5H3,(H,19,22)/t13-/m1/s1. The fraction of sp³-hybridized carbons (Fsp3) is 0.667. The predicted octanol–water partition coefficient (Wildman–Crippen LogP) is 2.96. The molecule has 1 atom stereocenters. The predicted molar refractivity (Wildman–Crippen MR) is 95.4 cm³/mol. The molecular formula is C18H27N3OS. The number of thiazole rings is 1. The number of nitrogens with one attached hydrogen (secondary N) is 1. The van der Waals surface area contributed by atoms with Crippen molar-refractivity contribution in [3.05, 3.63) is 16.1 Å². The monoisotopic (exact) mass is 333 g/mol. The molecule has 0 aromatic carbocycles. The van der Waals surface area contributed by atoms with Crippen LogP contribution in [0.15, 0.2) is 5.38 Å². The smallest absolute Gasteiger partial charge is 0.223 e. The lowest BCUT2D eigenvalue weighted by Crippen LogP contribution is -2.41. The maximum atomic E-state index is 12.5. The van der Waals surface area contributed by atoms with E-state index in [4.69, 9.17) is 6.42 Å². The Kier molecular flexibility index (Phi) is 5.83. The molecule has 0 aliphatic carbocycles. The van der Waals surface area contributed by atoms with Crippen molar-refractivity contribution in [3.8, 4) is 12.3 Å². The summed E-state index contributed by atoms with van der Waals surface area (Å²) in [6.45, 7) is 11.0. The van der Waals surface area contributed by atoms with Crippen LogP contribution < -0.4 is 5.32 Å². The molecule has 4 nitrogen and oxygen atoms in total. The minimum atomic E-state index is -0.0349. The van der Waals surface area contributed by atoms with E-state index in [1.807, 2.05) is 6.92 Å². The average Bonchev–Trinajstić information content (AvgIpc) is 2.98. The number of likely N-dealkylation sites (tertiary alicyclic amines) is 1. The molecule has 0 spiro atoms. The molecule has 0 unspecified atom stereocenters. The van der Waals surface area contributed by atoms with Gasteiger partial charge in [0, 0.05) is 16.7 Å². The first-order valence-electron chi connectivity index (χ1n) is 8.23. The Bertz CT molecular complexity index is 574. The van der Waals surface area contributed by atoms with Crippen molar-refractivity contribution in [1.82, 2.24) is 15.2 Å². The number of aromatic nitrogens is 1. The van der Waals surface area contributed by atoms with E-state index in [1.165, 1.54) is 0 Å². The van der Waals surface area contributed by atoms with Crippen molar-refractivity contribution in [2.24, 2.45) is 5.92 Å². The third-order valence-corrected chi connectivity index (χ3v) is 5.32. The minimum absolute atomic E-state index is 0.0349. The highest BCUT2D eigenvalue weighted by Crippen LogP contribution is 2.27. The van der Waals surface area contributed by atoms with Crippen molar-refractivity contribution in [2.45, 2.75) is 52.0 Å². The van der Waals surface area contributed by atoms with Crippen molar-refractivity contribution < 1.29 is 4.79 Å². The number of hydrogen-bond donors (Lipinski definition) is 1. The maximum Gasteiger partial charge on any atom is 0.223 e. The van der Waals surface area contributed by atoms with Gasteiger partial charge < -0.3 is 5.32 Å². The second kappa shape index (κ2) is 7.46. The van der Waals surface area contributed by atoms with Crippen LogP contribution in [0.3, 0.4) is 0 Å². The van der Waals surface area contributed by atoms with E-state index in [2.05, 4.69) is 47.3 Å². The molecule has 1 saturated heterocycles. The number of terminal acetylenes is 1. The normalized spacial score (nSPS) is 18.4. The fourth-order valence-electron chi connectivity index (χ4n) is 2.71. The number of carbonyl (C=O) groups is 1. The molecule has 1 aromatic heterocycles. The van der Waals surface area contributed by atoms with Gasteiger partial charge in [0.1, 0.15) is 5.01 Å². The maximum absolute atomic E-state index is 12.5. The molecule has 1 aliphatic heterocycles. The zero-order valence-corrected chi connectivity index (χ0v) is 15.4. The van der Waals surface area contributed by atoms with Gasteiger partial charge in [-0.3, -0.25) is 9.69 Å². The van der Waals surface area contributed by atoms with Crippen molar-refractivity contribution in [3.63, 3.8) is 0 Å².